The lowest BCUT2D eigenvalue weighted by atomic mass is 10.1. The molecule has 1 fully saturated rings. The van der Waals surface area contributed by atoms with E-state index < -0.39 is 0 Å². The van der Waals surface area contributed by atoms with Gasteiger partial charge in [0.1, 0.15) is 11.4 Å². The van der Waals surface area contributed by atoms with E-state index in [0.29, 0.717) is 34.5 Å². The first-order valence-electron chi connectivity index (χ1n) is 9.99. The van der Waals surface area contributed by atoms with Crippen molar-refractivity contribution in [3.05, 3.63) is 54.1 Å². The van der Waals surface area contributed by atoms with E-state index in [1.54, 1.807) is 28.9 Å². The maximum Gasteiger partial charge on any atom is 0.253 e. The van der Waals surface area contributed by atoms with E-state index >= 15 is 0 Å². The van der Waals surface area contributed by atoms with E-state index in [1.165, 1.54) is 11.8 Å². The summed E-state index contributed by atoms with van der Waals surface area (Å²) in [5.74, 6) is 0.293. The van der Waals surface area contributed by atoms with Gasteiger partial charge in [0.15, 0.2) is 0 Å². The van der Waals surface area contributed by atoms with E-state index in [0.717, 1.165) is 12.8 Å². The number of aromatic nitrogens is 4. The minimum Gasteiger partial charge on any atom is -0.492 e. The minimum atomic E-state index is -0.260. The van der Waals surface area contributed by atoms with Crippen molar-refractivity contribution in [2.75, 3.05) is 17.7 Å². The Bertz CT molecular complexity index is 1080. The van der Waals surface area contributed by atoms with Gasteiger partial charge in [-0.2, -0.15) is 4.68 Å². The Hall–Kier alpha value is -3.40. The largest absolute Gasteiger partial charge is 0.492 e. The molecule has 160 valence electrons. The van der Waals surface area contributed by atoms with Crippen molar-refractivity contribution in [2.24, 2.45) is 0 Å². The fourth-order valence-electron chi connectivity index (χ4n) is 2.93. The van der Waals surface area contributed by atoms with Gasteiger partial charge in [0, 0.05) is 6.04 Å². The van der Waals surface area contributed by atoms with E-state index in [-0.39, 0.29) is 23.6 Å². The average molecular weight is 439 g/mol. The fraction of sp³-hybridized carbons (Fsp3) is 0.286. The zero-order valence-corrected chi connectivity index (χ0v) is 17.8. The van der Waals surface area contributed by atoms with Gasteiger partial charge < -0.3 is 15.4 Å². The van der Waals surface area contributed by atoms with Crippen molar-refractivity contribution in [3.63, 3.8) is 0 Å². The molecular weight excluding hydrogens is 416 g/mol. The zero-order chi connectivity index (χ0) is 21.6. The molecule has 9 nitrogen and oxygen atoms in total. The van der Waals surface area contributed by atoms with Crippen LogP contribution in [0.1, 0.15) is 30.1 Å². The van der Waals surface area contributed by atoms with Gasteiger partial charge in [-0.25, -0.2) is 0 Å². The highest BCUT2D eigenvalue weighted by Crippen LogP contribution is 2.26. The number of anilines is 1. The third-order valence-corrected chi connectivity index (χ3v) is 5.44. The Morgan fingerprint density at radius 2 is 1.94 bits per heavy atom. The van der Waals surface area contributed by atoms with Crippen LogP contribution in [-0.4, -0.2) is 50.4 Å². The van der Waals surface area contributed by atoms with Crippen LogP contribution in [0.2, 0.25) is 0 Å². The number of amides is 2. The third-order valence-electron chi connectivity index (χ3n) is 4.52. The molecule has 0 saturated heterocycles. The number of carbonyl (C=O) groups excluding carboxylic acids is 2. The Kier molecular flexibility index (Phi) is 6.46. The number of ether oxygens (including phenoxy) is 1. The van der Waals surface area contributed by atoms with Crippen molar-refractivity contribution >= 4 is 29.3 Å². The van der Waals surface area contributed by atoms with Crippen LogP contribution in [0.4, 0.5) is 5.69 Å². The normalized spacial score (nSPS) is 12.9. The SMILES string of the molecule is CCOc1ccccc1-n1nnnc1SCC(=O)Nc1ccccc1C(=O)NC1CC1. The molecule has 0 bridgehead atoms. The van der Waals surface area contributed by atoms with E-state index in [4.69, 9.17) is 4.74 Å². The number of rotatable bonds is 9. The van der Waals surface area contributed by atoms with Crippen LogP contribution < -0.4 is 15.4 Å². The number of benzene rings is 2. The number of para-hydroxylation sites is 3. The number of nitrogens with zero attached hydrogens (tertiary/aromatic N) is 4. The number of nitrogens with one attached hydrogen (secondary N) is 2. The van der Waals surface area contributed by atoms with Gasteiger partial charge in [0.05, 0.1) is 23.6 Å². The van der Waals surface area contributed by atoms with Crippen LogP contribution in [0.3, 0.4) is 0 Å². The molecule has 2 amide bonds. The molecule has 2 N–H and O–H groups in total. The van der Waals surface area contributed by atoms with Gasteiger partial charge in [-0.05, 0) is 54.5 Å². The van der Waals surface area contributed by atoms with Crippen molar-refractivity contribution < 1.29 is 14.3 Å². The molecule has 4 rings (SSSR count). The molecule has 3 aromatic rings. The van der Waals surface area contributed by atoms with Gasteiger partial charge in [-0.3, -0.25) is 9.59 Å². The lowest BCUT2D eigenvalue weighted by molar-refractivity contribution is -0.113. The number of hydrogen-bond donors (Lipinski definition) is 2. The summed E-state index contributed by atoms with van der Waals surface area (Å²) >= 11 is 1.20. The first-order valence-corrected chi connectivity index (χ1v) is 11.0. The van der Waals surface area contributed by atoms with Crippen molar-refractivity contribution in [2.45, 2.75) is 31.0 Å². The summed E-state index contributed by atoms with van der Waals surface area (Å²) in [6.45, 7) is 2.41. The Balaban J connectivity index is 1.42. The highest BCUT2D eigenvalue weighted by Gasteiger charge is 2.25. The molecule has 0 atom stereocenters. The molecule has 1 aromatic heterocycles. The zero-order valence-electron chi connectivity index (χ0n) is 16.9. The standard InChI is InChI=1S/C21H22N6O3S/c1-2-30-18-10-6-5-9-17(18)27-21(24-25-26-27)31-13-19(28)23-16-8-4-3-7-15(16)20(29)22-14-11-12-14/h3-10,14H,2,11-13H2,1H3,(H,22,29)(H,23,28). The summed E-state index contributed by atoms with van der Waals surface area (Å²) in [5, 5.41) is 18.0. The van der Waals surface area contributed by atoms with Crippen molar-refractivity contribution in [3.8, 4) is 11.4 Å². The second-order valence-corrected chi connectivity index (χ2v) is 7.85. The monoisotopic (exact) mass is 438 g/mol. The molecule has 1 aliphatic carbocycles. The summed E-state index contributed by atoms with van der Waals surface area (Å²) < 4.78 is 7.19. The maximum atomic E-state index is 12.6. The highest BCUT2D eigenvalue weighted by molar-refractivity contribution is 7.99. The fourth-order valence-corrected chi connectivity index (χ4v) is 3.61. The van der Waals surface area contributed by atoms with Crippen LogP contribution in [0.25, 0.3) is 5.69 Å². The van der Waals surface area contributed by atoms with Gasteiger partial charge >= 0.3 is 0 Å². The number of carbonyl (C=O) groups is 2. The summed E-state index contributed by atoms with van der Waals surface area (Å²) in [6.07, 6.45) is 2.00. The highest BCUT2D eigenvalue weighted by atomic mass is 32.2. The van der Waals surface area contributed by atoms with Crippen LogP contribution >= 0.6 is 11.8 Å². The Morgan fingerprint density at radius 1 is 1.16 bits per heavy atom. The predicted octanol–water partition coefficient (Wildman–Crippen LogP) is 2.68. The molecule has 0 unspecified atom stereocenters. The second-order valence-electron chi connectivity index (χ2n) is 6.90. The van der Waals surface area contributed by atoms with Crippen LogP contribution in [0.5, 0.6) is 5.75 Å². The second kappa shape index (κ2) is 9.61. The molecule has 1 aliphatic rings. The summed E-state index contributed by atoms with van der Waals surface area (Å²) in [6, 6.07) is 14.6. The smallest absolute Gasteiger partial charge is 0.253 e. The lowest BCUT2D eigenvalue weighted by Crippen LogP contribution is -2.27. The molecule has 0 radical (unpaired) electrons. The van der Waals surface area contributed by atoms with Gasteiger partial charge in [0.2, 0.25) is 11.1 Å². The predicted molar refractivity (Wildman–Crippen MR) is 117 cm³/mol. The summed E-state index contributed by atoms with van der Waals surface area (Å²) in [4.78, 5) is 25.0. The number of tetrazole rings is 1. The van der Waals surface area contributed by atoms with Crippen molar-refractivity contribution in [1.29, 1.82) is 0 Å². The Labute approximate surface area is 183 Å². The molecule has 0 spiro atoms. The minimum absolute atomic E-state index is 0.0791. The molecule has 31 heavy (non-hydrogen) atoms. The van der Waals surface area contributed by atoms with Crippen LogP contribution in [0, 0.1) is 0 Å². The molecule has 1 heterocycles. The van der Waals surface area contributed by atoms with Crippen molar-refractivity contribution in [1.82, 2.24) is 25.5 Å². The van der Waals surface area contributed by atoms with Gasteiger partial charge in [0.25, 0.3) is 5.91 Å². The molecule has 0 aliphatic heterocycles. The quantitative estimate of drug-likeness (QED) is 0.494. The Morgan fingerprint density at radius 3 is 2.74 bits per heavy atom. The molecule has 10 heteroatoms. The van der Waals surface area contributed by atoms with E-state index in [9.17, 15) is 9.59 Å². The maximum absolute atomic E-state index is 12.6. The van der Waals surface area contributed by atoms with Crippen LogP contribution in [-0.2, 0) is 4.79 Å². The number of thioether (sulfide) groups is 1. The first-order chi connectivity index (χ1) is 15.2. The third kappa shape index (κ3) is 5.21. The lowest BCUT2D eigenvalue weighted by Gasteiger charge is -2.12. The van der Waals surface area contributed by atoms with Gasteiger partial charge in [-0.15, -0.1) is 5.10 Å². The van der Waals surface area contributed by atoms with E-state index in [1.807, 2.05) is 31.2 Å². The average Bonchev–Trinajstić information content (AvgIpc) is 3.47. The topological polar surface area (TPSA) is 111 Å². The number of hydrogen-bond acceptors (Lipinski definition) is 7. The molecule has 1 saturated carbocycles. The van der Waals surface area contributed by atoms with E-state index in [2.05, 4.69) is 26.2 Å². The van der Waals surface area contributed by atoms with Gasteiger partial charge in [-0.1, -0.05) is 36.0 Å². The summed E-state index contributed by atoms with van der Waals surface area (Å²) in [7, 11) is 0. The first kappa shape index (κ1) is 20.9. The molecular formula is C21H22N6O3S. The summed E-state index contributed by atoms with van der Waals surface area (Å²) in [5.41, 5.74) is 1.62. The molecule has 2 aromatic carbocycles. The van der Waals surface area contributed by atoms with Crippen LogP contribution in [0.15, 0.2) is 53.7 Å².